The topological polar surface area (TPSA) is 108 Å². The van der Waals surface area contributed by atoms with E-state index < -0.39 is 11.9 Å². The number of rotatable bonds is 8. The number of aliphatic hydroxyl groups excluding tert-OH is 1. The van der Waals surface area contributed by atoms with Crippen LogP contribution in [-0.2, 0) is 6.61 Å². The van der Waals surface area contributed by atoms with Gasteiger partial charge in [-0.25, -0.2) is 19.6 Å². The summed E-state index contributed by atoms with van der Waals surface area (Å²) in [5.74, 6) is 0.0584. The Morgan fingerprint density at radius 1 is 0.659 bits per heavy atom. The Labute approximate surface area is 261 Å². The van der Waals surface area contributed by atoms with Gasteiger partial charge in [0, 0.05) is 16.7 Å². The molecule has 44 heavy (non-hydrogen) atoms. The number of fused-ring (bicyclic) bond motifs is 1. The van der Waals surface area contributed by atoms with Crippen LogP contribution in [0, 0.1) is 13.8 Å². The predicted molar refractivity (Wildman–Crippen MR) is 171 cm³/mol. The molecule has 10 heteroatoms. The number of hydrogen-bond donors (Lipinski definition) is 1. The molecular formula is C34H26N2O6S2. The highest BCUT2D eigenvalue weighted by atomic mass is 32.1. The molecule has 0 aliphatic carbocycles. The van der Waals surface area contributed by atoms with Gasteiger partial charge in [0.25, 0.3) is 0 Å². The van der Waals surface area contributed by atoms with Crippen molar-refractivity contribution in [3.63, 3.8) is 0 Å². The van der Waals surface area contributed by atoms with Crippen molar-refractivity contribution in [1.82, 2.24) is 9.97 Å². The van der Waals surface area contributed by atoms with Crippen LogP contribution in [0.15, 0.2) is 84.9 Å². The van der Waals surface area contributed by atoms with Gasteiger partial charge in [0.15, 0.2) is 21.2 Å². The summed E-state index contributed by atoms with van der Waals surface area (Å²) in [6, 6.07) is 24.8. The lowest BCUT2D eigenvalue weighted by Crippen LogP contribution is -2.10. The summed E-state index contributed by atoms with van der Waals surface area (Å²) in [5.41, 5.74) is 5.04. The molecule has 0 radical (unpaired) electrons. The van der Waals surface area contributed by atoms with Crippen molar-refractivity contribution in [2.24, 2.45) is 0 Å². The van der Waals surface area contributed by atoms with Crippen molar-refractivity contribution in [1.29, 1.82) is 0 Å². The second-order valence-corrected chi connectivity index (χ2v) is 12.0. The van der Waals surface area contributed by atoms with Crippen LogP contribution in [0.4, 0.5) is 0 Å². The van der Waals surface area contributed by atoms with Gasteiger partial charge in [-0.05, 0) is 74.5 Å². The van der Waals surface area contributed by atoms with E-state index in [-0.39, 0.29) is 6.61 Å². The minimum Gasteiger partial charge on any atom is -0.493 e. The molecule has 0 unspecified atom stereocenters. The molecule has 2 heterocycles. The molecule has 0 bridgehead atoms. The van der Waals surface area contributed by atoms with E-state index in [2.05, 4.69) is 0 Å². The van der Waals surface area contributed by atoms with Gasteiger partial charge >= 0.3 is 11.9 Å². The number of aliphatic hydroxyl groups is 1. The maximum atomic E-state index is 12.6. The first kappa shape index (κ1) is 29.2. The normalized spacial score (nSPS) is 11.0. The number of ether oxygens (including phenoxy) is 3. The lowest BCUT2D eigenvalue weighted by Gasteiger charge is -2.10. The van der Waals surface area contributed by atoms with E-state index in [1.807, 2.05) is 50.2 Å². The second-order valence-electron chi connectivity index (χ2n) is 10.0. The molecule has 0 saturated carbocycles. The molecule has 0 saturated heterocycles. The molecule has 6 rings (SSSR count). The Hall–Kier alpha value is -4.90. The average molecular weight is 623 g/mol. The fraction of sp³-hybridized carbons (Fsp3) is 0.118. The van der Waals surface area contributed by atoms with Crippen molar-refractivity contribution >= 4 is 44.3 Å². The van der Waals surface area contributed by atoms with E-state index in [1.165, 1.54) is 29.8 Å². The van der Waals surface area contributed by atoms with Crippen LogP contribution in [0.25, 0.3) is 30.8 Å². The number of esters is 2. The maximum absolute atomic E-state index is 12.6. The molecule has 0 aliphatic rings. The fourth-order valence-electron chi connectivity index (χ4n) is 4.41. The molecule has 2 aromatic heterocycles. The summed E-state index contributed by atoms with van der Waals surface area (Å²) in [5, 5.41) is 11.5. The molecule has 4 aromatic carbocycles. The molecule has 0 aliphatic heterocycles. The summed E-state index contributed by atoms with van der Waals surface area (Å²) in [6.07, 6.45) is 0. The highest BCUT2D eigenvalue weighted by Crippen LogP contribution is 2.40. The van der Waals surface area contributed by atoms with E-state index in [9.17, 15) is 14.7 Å². The number of hydrogen-bond acceptors (Lipinski definition) is 10. The number of thiazole rings is 2. The largest absolute Gasteiger partial charge is 0.493 e. The number of carbonyl (C=O) groups excluding carboxylic acids is 2. The van der Waals surface area contributed by atoms with Crippen molar-refractivity contribution in [3.8, 4) is 38.4 Å². The molecular weight excluding hydrogens is 597 g/mol. The summed E-state index contributed by atoms with van der Waals surface area (Å²) < 4.78 is 16.7. The Kier molecular flexibility index (Phi) is 8.21. The van der Waals surface area contributed by atoms with Gasteiger partial charge in [0.1, 0.15) is 15.8 Å². The number of methoxy groups -OCH3 is 1. The first-order chi connectivity index (χ1) is 21.3. The summed E-state index contributed by atoms with van der Waals surface area (Å²) in [4.78, 5) is 36.3. The third kappa shape index (κ3) is 6.09. The number of aromatic nitrogens is 2. The zero-order chi connectivity index (χ0) is 30.8. The quantitative estimate of drug-likeness (QED) is 0.136. The van der Waals surface area contributed by atoms with Gasteiger partial charge in [-0.1, -0.05) is 58.1 Å². The lowest BCUT2D eigenvalue weighted by atomic mass is 10.1. The van der Waals surface area contributed by atoms with Crippen LogP contribution < -0.4 is 14.2 Å². The van der Waals surface area contributed by atoms with Gasteiger partial charge in [-0.15, -0.1) is 0 Å². The van der Waals surface area contributed by atoms with Crippen LogP contribution in [0.1, 0.15) is 37.4 Å². The van der Waals surface area contributed by atoms with Crippen LogP contribution in [-0.4, -0.2) is 34.1 Å². The molecule has 1 N–H and O–H groups in total. The van der Waals surface area contributed by atoms with Gasteiger partial charge < -0.3 is 19.3 Å². The predicted octanol–water partition coefficient (Wildman–Crippen LogP) is 7.64. The Balaban J connectivity index is 1.20. The number of aryl methyl sites for hydroxylation is 2. The Morgan fingerprint density at radius 2 is 1.14 bits per heavy atom. The van der Waals surface area contributed by atoms with Crippen molar-refractivity contribution < 1.29 is 28.9 Å². The second kappa shape index (κ2) is 12.4. The van der Waals surface area contributed by atoms with Gasteiger partial charge in [0.2, 0.25) is 0 Å². The van der Waals surface area contributed by atoms with E-state index in [1.54, 1.807) is 48.5 Å². The zero-order valence-corrected chi connectivity index (χ0v) is 25.6. The Morgan fingerprint density at radius 3 is 1.64 bits per heavy atom. The minimum absolute atomic E-state index is 0.294. The van der Waals surface area contributed by atoms with E-state index in [4.69, 9.17) is 24.2 Å². The molecule has 0 atom stereocenters. The van der Waals surface area contributed by atoms with Gasteiger partial charge in [-0.3, -0.25) is 0 Å². The smallest absolute Gasteiger partial charge is 0.343 e. The third-order valence-corrected chi connectivity index (χ3v) is 8.97. The van der Waals surface area contributed by atoms with Crippen LogP contribution in [0.2, 0.25) is 0 Å². The number of nitrogens with zero attached hydrogens (tertiary/aromatic N) is 2. The minimum atomic E-state index is -0.493. The first-order valence-corrected chi connectivity index (χ1v) is 15.2. The molecule has 0 fully saturated rings. The molecule has 6 aromatic rings. The molecule has 0 amide bonds. The summed E-state index contributed by atoms with van der Waals surface area (Å²) >= 11 is 2.85. The molecule has 0 spiro atoms. The van der Waals surface area contributed by atoms with Crippen LogP contribution in [0.3, 0.4) is 0 Å². The molecule has 220 valence electrons. The lowest BCUT2D eigenvalue weighted by molar-refractivity contribution is 0.0721. The Bertz CT molecular complexity index is 1820. The monoisotopic (exact) mass is 622 g/mol. The zero-order valence-electron chi connectivity index (χ0n) is 24.0. The van der Waals surface area contributed by atoms with Gasteiger partial charge in [0.05, 0.1) is 24.8 Å². The van der Waals surface area contributed by atoms with Crippen LogP contribution >= 0.6 is 22.7 Å². The summed E-state index contributed by atoms with van der Waals surface area (Å²) in [7, 11) is 1.52. The number of benzene rings is 4. The maximum Gasteiger partial charge on any atom is 0.343 e. The summed E-state index contributed by atoms with van der Waals surface area (Å²) in [6.45, 7) is 3.60. The number of carbonyl (C=O) groups is 2. The van der Waals surface area contributed by atoms with E-state index in [0.29, 0.717) is 33.9 Å². The standard InChI is InChI=1S/C34H26N2O6S2/c1-19-4-8-21(9-5-19)33(38)41-26-14-12-23(16-25(26)18-37)29-35-31-32(43-29)36-30(44-31)24-13-15-27(28(17-24)40-3)42-34(39)22-10-6-20(2)7-11-22/h4-17,37H,18H2,1-3H3. The highest BCUT2D eigenvalue weighted by molar-refractivity contribution is 7.29. The van der Waals surface area contributed by atoms with E-state index in [0.717, 1.165) is 41.9 Å². The van der Waals surface area contributed by atoms with Gasteiger partial charge in [-0.2, -0.15) is 0 Å². The first-order valence-electron chi connectivity index (χ1n) is 13.6. The third-order valence-electron chi connectivity index (χ3n) is 6.84. The van der Waals surface area contributed by atoms with Crippen molar-refractivity contribution in [2.45, 2.75) is 20.5 Å². The van der Waals surface area contributed by atoms with Crippen molar-refractivity contribution in [3.05, 3.63) is 113 Å². The van der Waals surface area contributed by atoms with Crippen LogP contribution in [0.5, 0.6) is 17.2 Å². The SMILES string of the molecule is COc1cc(-c2nc3sc(-c4ccc(OC(=O)c5ccc(C)cc5)c(CO)c4)nc3s2)ccc1OC(=O)c1ccc(C)cc1. The average Bonchev–Trinajstić information content (AvgIpc) is 3.62. The van der Waals surface area contributed by atoms with E-state index >= 15 is 0 Å². The fourth-order valence-corrected chi connectivity index (χ4v) is 6.44. The highest BCUT2D eigenvalue weighted by Gasteiger charge is 2.18. The molecule has 8 nitrogen and oxygen atoms in total. The van der Waals surface area contributed by atoms with Crippen molar-refractivity contribution in [2.75, 3.05) is 7.11 Å².